The lowest BCUT2D eigenvalue weighted by Gasteiger charge is -2.13. The first-order valence-corrected chi connectivity index (χ1v) is 6.36. The second kappa shape index (κ2) is 4.18. The summed E-state index contributed by atoms with van der Waals surface area (Å²) < 4.78 is 1.82. The van der Waals surface area contributed by atoms with E-state index in [1.54, 1.807) is 23.7 Å². The number of anilines is 1. The van der Waals surface area contributed by atoms with Crippen molar-refractivity contribution in [3.63, 3.8) is 0 Å². The van der Waals surface area contributed by atoms with Crippen molar-refractivity contribution >= 4 is 22.7 Å². The molecule has 0 fully saturated rings. The molecule has 0 saturated heterocycles. The Kier molecular flexibility index (Phi) is 2.53. The number of rotatable bonds is 3. The molecule has 1 unspecified atom stereocenters. The number of aromatic nitrogens is 3. The molecule has 5 heteroatoms. The summed E-state index contributed by atoms with van der Waals surface area (Å²) in [5.41, 5.74) is 2.27. The molecular weight excluding hydrogens is 232 g/mol. The summed E-state index contributed by atoms with van der Waals surface area (Å²) in [6, 6.07) is 4.32. The Labute approximate surface area is 103 Å². The molecule has 1 N–H and O–H groups in total. The fraction of sp³-hybridized carbons (Fsp3) is 0.167. The largest absolute Gasteiger partial charge is 0.362 e. The molecule has 1 atom stereocenters. The highest BCUT2D eigenvalue weighted by Crippen LogP contribution is 2.22. The van der Waals surface area contributed by atoms with Crippen molar-refractivity contribution in [3.8, 4) is 0 Å². The quantitative estimate of drug-likeness (QED) is 0.770. The van der Waals surface area contributed by atoms with Crippen LogP contribution in [0.25, 0.3) is 5.52 Å². The van der Waals surface area contributed by atoms with Gasteiger partial charge in [-0.3, -0.25) is 0 Å². The Morgan fingerprint density at radius 2 is 2.29 bits per heavy atom. The van der Waals surface area contributed by atoms with Gasteiger partial charge < -0.3 is 5.32 Å². The first-order valence-electron chi connectivity index (χ1n) is 5.41. The van der Waals surface area contributed by atoms with Gasteiger partial charge >= 0.3 is 0 Å². The van der Waals surface area contributed by atoms with Gasteiger partial charge in [0.1, 0.15) is 5.52 Å². The SMILES string of the molecule is CC(Nc1nccn2nccc12)c1ccsc1. The van der Waals surface area contributed by atoms with Crippen molar-refractivity contribution in [1.29, 1.82) is 0 Å². The molecule has 0 spiro atoms. The molecule has 0 aliphatic heterocycles. The van der Waals surface area contributed by atoms with Crippen molar-refractivity contribution in [2.75, 3.05) is 5.32 Å². The van der Waals surface area contributed by atoms with Crippen LogP contribution in [0.2, 0.25) is 0 Å². The van der Waals surface area contributed by atoms with Gasteiger partial charge in [0.25, 0.3) is 0 Å². The van der Waals surface area contributed by atoms with Crippen molar-refractivity contribution in [2.24, 2.45) is 0 Å². The van der Waals surface area contributed by atoms with E-state index < -0.39 is 0 Å². The van der Waals surface area contributed by atoms with E-state index in [0.717, 1.165) is 11.3 Å². The summed E-state index contributed by atoms with van der Waals surface area (Å²) in [5.74, 6) is 0.865. The van der Waals surface area contributed by atoms with E-state index in [1.165, 1.54) is 5.56 Å². The number of thiophene rings is 1. The summed E-state index contributed by atoms with van der Waals surface area (Å²) >= 11 is 1.71. The Morgan fingerprint density at radius 1 is 1.35 bits per heavy atom. The highest BCUT2D eigenvalue weighted by atomic mass is 32.1. The summed E-state index contributed by atoms with van der Waals surface area (Å²) in [6.45, 7) is 2.13. The van der Waals surface area contributed by atoms with E-state index in [0.29, 0.717) is 0 Å². The molecule has 3 heterocycles. The Morgan fingerprint density at radius 3 is 3.12 bits per heavy atom. The van der Waals surface area contributed by atoms with Gasteiger partial charge in [-0.25, -0.2) is 9.50 Å². The lowest BCUT2D eigenvalue weighted by molar-refractivity contribution is 0.871. The number of nitrogens with zero attached hydrogens (tertiary/aromatic N) is 3. The van der Waals surface area contributed by atoms with Gasteiger partial charge in [0.05, 0.1) is 12.2 Å². The van der Waals surface area contributed by atoms with Crippen LogP contribution in [0.4, 0.5) is 5.82 Å². The number of hydrogen-bond acceptors (Lipinski definition) is 4. The average molecular weight is 244 g/mol. The Hall–Kier alpha value is -1.88. The fourth-order valence-electron chi connectivity index (χ4n) is 1.78. The molecule has 0 aliphatic rings. The van der Waals surface area contributed by atoms with E-state index in [1.807, 2.05) is 16.8 Å². The van der Waals surface area contributed by atoms with Crippen LogP contribution in [-0.4, -0.2) is 14.6 Å². The van der Waals surface area contributed by atoms with Gasteiger partial charge in [-0.05, 0) is 35.4 Å². The van der Waals surface area contributed by atoms with Crippen LogP contribution >= 0.6 is 11.3 Å². The second-order valence-electron chi connectivity index (χ2n) is 3.86. The molecule has 86 valence electrons. The molecule has 3 aromatic heterocycles. The smallest absolute Gasteiger partial charge is 0.152 e. The van der Waals surface area contributed by atoms with E-state index in [4.69, 9.17) is 0 Å². The van der Waals surface area contributed by atoms with E-state index in [9.17, 15) is 0 Å². The molecule has 0 saturated carbocycles. The number of nitrogens with one attached hydrogen (secondary N) is 1. The zero-order valence-corrected chi connectivity index (χ0v) is 10.2. The third-order valence-corrected chi connectivity index (χ3v) is 3.42. The summed E-state index contributed by atoms with van der Waals surface area (Å²) in [5, 5.41) is 11.8. The highest BCUT2D eigenvalue weighted by molar-refractivity contribution is 7.07. The maximum absolute atomic E-state index is 4.36. The summed E-state index contributed by atoms with van der Waals surface area (Å²) in [7, 11) is 0. The van der Waals surface area contributed by atoms with Crippen molar-refractivity contribution in [2.45, 2.75) is 13.0 Å². The van der Waals surface area contributed by atoms with Crippen molar-refractivity contribution < 1.29 is 0 Å². The predicted molar refractivity (Wildman–Crippen MR) is 69.3 cm³/mol. The zero-order chi connectivity index (χ0) is 11.7. The monoisotopic (exact) mass is 244 g/mol. The third-order valence-electron chi connectivity index (χ3n) is 2.72. The Bertz CT molecular complexity index is 614. The van der Waals surface area contributed by atoms with Crippen LogP contribution in [0.3, 0.4) is 0 Å². The minimum atomic E-state index is 0.245. The van der Waals surface area contributed by atoms with Crippen LogP contribution in [-0.2, 0) is 0 Å². The minimum Gasteiger partial charge on any atom is -0.362 e. The minimum absolute atomic E-state index is 0.245. The van der Waals surface area contributed by atoms with Crippen LogP contribution in [0.5, 0.6) is 0 Å². The topological polar surface area (TPSA) is 42.2 Å². The molecular formula is C12H12N4S. The zero-order valence-electron chi connectivity index (χ0n) is 9.37. The van der Waals surface area contributed by atoms with E-state index >= 15 is 0 Å². The van der Waals surface area contributed by atoms with Crippen molar-refractivity contribution in [3.05, 3.63) is 47.0 Å². The summed E-state index contributed by atoms with van der Waals surface area (Å²) in [4.78, 5) is 4.36. The van der Waals surface area contributed by atoms with Crippen LogP contribution in [0, 0.1) is 0 Å². The first kappa shape index (κ1) is 10.3. The number of hydrogen-bond donors (Lipinski definition) is 1. The molecule has 0 aromatic carbocycles. The second-order valence-corrected chi connectivity index (χ2v) is 4.64. The Balaban J connectivity index is 1.92. The first-order chi connectivity index (χ1) is 8.34. The van der Waals surface area contributed by atoms with Crippen LogP contribution < -0.4 is 5.32 Å². The molecule has 0 bridgehead atoms. The molecule has 17 heavy (non-hydrogen) atoms. The predicted octanol–water partition coefficient (Wildman–Crippen LogP) is 2.96. The third kappa shape index (κ3) is 1.89. The average Bonchev–Trinajstić information content (AvgIpc) is 3.00. The maximum atomic E-state index is 4.36. The standard InChI is InChI=1S/C12H12N4S/c1-9(10-3-7-17-8-10)15-12-11-2-4-14-16(11)6-5-13-12/h2-9H,1H3,(H,13,15). The molecule has 0 radical (unpaired) electrons. The van der Waals surface area contributed by atoms with Gasteiger partial charge in [-0.2, -0.15) is 16.4 Å². The summed E-state index contributed by atoms with van der Waals surface area (Å²) in [6.07, 6.45) is 5.37. The van der Waals surface area contributed by atoms with E-state index in [2.05, 4.69) is 39.1 Å². The van der Waals surface area contributed by atoms with E-state index in [-0.39, 0.29) is 6.04 Å². The molecule has 0 aliphatic carbocycles. The van der Waals surface area contributed by atoms with Gasteiger partial charge in [0, 0.05) is 12.4 Å². The van der Waals surface area contributed by atoms with Crippen molar-refractivity contribution in [1.82, 2.24) is 14.6 Å². The normalized spacial score (nSPS) is 12.8. The van der Waals surface area contributed by atoms with Gasteiger partial charge in [0.2, 0.25) is 0 Å². The van der Waals surface area contributed by atoms with Crippen LogP contribution in [0.15, 0.2) is 41.5 Å². The van der Waals surface area contributed by atoms with Gasteiger partial charge in [0.15, 0.2) is 5.82 Å². The highest BCUT2D eigenvalue weighted by Gasteiger charge is 2.09. The molecule has 3 rings (SSSR count). The molecule has 0 amide bonds. The van der Waals surface area contributed by atoms with Gasteiger partial charge in [-0.15, -0.1) is 0 Å². The van der Waals surface area contributed by atoms with Gasteiger partial charge in [-0.1, -0.05) is 0 Å². The fourth-order valence-corrected chi connectivity index (χ4v) is 2.53. The maximum Gasteiger partial charge on any atom is 0.152 e. The molecule has 4 nitrogen and oxygen atoms in total. The molecule has 3 aromatic rings. The lowest BCUT2D eigenvalue weighted by atomic mass is 10.2. The number of fused-ring (bicyclic) bond motifs is 1. The lowest BCUT2D eigenvalue weighted by Crippen LogP contribution is -2.08. The van der Waals surface area contributed by atoms with Crippen LogP contribution in [0.1, 0.15) is 18.5 Å².